The highest BCUT2D eigenvalue weighted by Gasteiger charge is 2.07. The maximum Gasteiger partial charge on any atom is 0.150 e. The van der Waals surface area contributed by atoms with Crippen molar-refractivity contribution in [2.24, 2.45) is 0 Å². The molecule has 0 saturated carbocycles. The number of benzene rings is 2. The summed E-state index contributed by atoms with van der Waals surface area (Å²) >= 11 is 9.66. The molecule has 2 aromatic carbocycles. The number of rotatable bonds is 3. The highest BCUT2D eigenvalue weighted by molar-refractivity contribution is 9.10. The summed E-state index contributed by atoms with van der Waals surface area (Å²) in [5, 5.41) is 1.70. The molecule has 1 heterocycles. The fourth-order valence-electron chi connectivity index (χ4n) is 2.32. The van der Waals surface area contributed by atoms with Crippen molar-refractivity contribution in [2.45, 2.75) is 6.54 Å². The van der Waals surface area contributed by atoms with E-state index in [9.17, 15) is 4.79 Å². The summed E-state index contributed by atoms with van der Waals surface area (Å²) in [4.78, 5) is 11.0. The number of aldehydes is 1. The summed E-state index contributed by atoms with van der Waals surface area (Å²) in [6, 6.07) is 13.6. The van der Waals surface area contributed by atoms with Crippen molar-refractivity contribution in [3.05, 3.63) is 69.3 Å². The first kappa shape index (κ1) is 13.4. The summed E-state index contributed by atoms with van der Waals surface area (Å²) in [6.07, 6.45) is 2.87. The molecule has 0 atom stereocenters. The van der Waals surface area contributed by atoms with E-state index in [1.807, 2.05) is 48.7 Å². The number of halogens is 2. The minimum absolute atomic E-state index is 0.678. The lowest BCUT2D eigenvalue weighted by Crippen LogP contribution is -1.98. The van der Waals surface area contributed by atoms with E-state index in [-0.39, 0.29) is 0 Å². The first-order valence-electron chi connectivity index (χ1n) is 6.16. The van der Waals surface area contributed by atoms with Crippen LogP contribution in [0.15, 0.2) is 53.1 Å². The van der Waals surface area contributed by atoms with Crippen LogP contribution in [0.5, 0.6) is 0 Å². The Labute approximate surface area is 130 Å². The predicted octanol–water partition coefficient (Wildman–Crippen LogP) is 4.92. The van der Waals surface area contributed by atoms with Gasteiger partial charge in [-0.2, -0.15) is 0 Å². The lowest BCUT2D eigenvalue weighted by atomic mass is 10.1. The van der Waals surface area contributed by atoms with E-state index in [2.05, 4.69) is 20.5 Å². The van der Waals surface area contributed by atoms with E-state index in [1.165, 1.54) is 0 Å². The van der Waals surface area contributed by atoms with Crippen LogP contribution in [-0.4, -0.2) is 10.9 Å². The minimum atomic E-state index is 0.678. The number of hydrogen-bond donors (Lipinski definition) is 0. The van der Waals surface area contributed by atoms with Gasteiger partial charge in [-0.05, 0) is 29.8 Å². The van der Waals surface area contributed by atoms with Crippen LogP contribution in [0.3, 0.4) is 0 Å². The number of carbonyl (C=O) groups is 1. The Balaban J connectivity index is 2.05. The van der Waals surface area contributed by atoms with E-state index in [0.717, 1.165) is 32.2 Å². The molecular weight excluding hydrogens is 338 g/mol. The minimum Gasteiger partial charge on any atom is -0.343 e. The summed E-state index contributed by atoms with van der Waals surface area (Å²) < 4.78 is 3.06. The Kier molecular flexibility index (Phi) is 3.64. The molecule has 0 bridgehead atoms. The van der Waals surface area contributed by atoms with Crippen LogP contribution in [0.2, 0.25) is 5.02 Å². The van der Waals surface area contributed by atoms with Crippen molar-refractivity contribution in [1.29, 1.82) is 0 Å². The maximum atomic E-state index is 11.0. The van der Waals surface area contributed by atoms with E-state index in [0.29, 0.717) is 12.1 Å². The number of carbonyl (C=O) groups excluding carboxylic acids is 1. The van der Waals surface area contributed by atoms with E-state index in [4.69, 9.17) is 11.6 Å². The average molecular weight is 349 g/mol. The molecule has 0 radical (unpaired) electrons. The predicted molar refractivity (Wildman–Crippen MR) is 85.6 cm³/mol. The van der Waals surface area contributed by atoms with Gasteiger partial charge in [0, 0.05) is 38.7 Å². The number of aromatic nitrogens is 1. The molecule has 0 aliphatic heterocycles. The molecule has 3 aromatic rings. The van der Waals surface area contributed by atoms with Gasteiger partial charge in [0.1, 0.15) is 0 Å². The van der Waals surface area contributed by atoms with Crippen molar-refractivity contribution < 1.29 is 4.79 Å². The van der Waals surface area contributed by atoms with Crippen LogP contribution in [0.4, 0.5) is 0 Å². The monoisotopic (exact) mass is 347 g/mol. The standard InChI is InChI=1S/C16H11BrClNO/c17-13-5-4-11(15(18)8-13)9-19-7-6-14-12(10-20)2-1-3-16(14)19/h1-8,10H,9H2. The zero-order chi connectivity index (χ0) is 14.1. The molecule has 3 rings (SSSR count). The summed E-state index contributed by atoms with van der Waals surface area (Å²) in [7, 11) is 0. The first-order valence-corrected chi connectivity index (χ1v) is 7.33. The second-order valence-electron chi connectivity index (χ2n) is 4.58. The summed E-state index contributed by atoms with van der Waals surface area (Å²) in [5.41, 5.74) is 2.79. The topological polar surface area (TPSA) is 22.0 Å². The van der Waals surface area contributed by atoms with Gasteiger partial charge in [0.2, 0.25) is 0 Å². The average Bonchev–Trinajstić information content (AvgIpc) is 2.85. The third-order valence-electron chi connectivity index (χ3n) is 3.33. The van der Waals surface area contributed by atoms with Crippen LogP contribution in [-0.2, 0) is 6.54 Å². The Hall–Kier alpha value is -1.58. The van der Waals surface area contributed by atoms with Crippen molar-refractivity contribution in [3.8, 4) is 0 Å². The lowest BCUT2D eigenvalue weighted by Gasteiger charge is -2.08. The molecule has 2 nitrogen and oxygen atoms in total. The van der Waals surface area contributed by atoms with E-state index in [1.54, 1.807) is 0 Å². The van der Waals surface area contributed by atoms with Gasteiger partial charge in [-0.3, -0.25) is 4.79 Å². The molecule has 0 aliphatic carbocycles. The molecule has 100 valence electrons. The van der Waals surface area contributed by atoms with Crippen molar-refractivity contribution in [2.75, 3.05) is 0 Å². The third kappa shape index (κ3) is 2.39. The number of fused-ring (bicyclic) bond motifs is 1. The lowest BCUT2D eigenvalue weighted by molar-refractivity contribution is 0.112. The van der Waals surface area contributed by atoms with Gasteiger partial charge >= 0.3 is 0 Å². The largest absolute Gasteiger partial charge is 0.343 e. The van der Waals surface area contributed by atoms with Gasteiger partial charge in [0.15, 0.2) is 6.29 Å². The molecule has 0 amide bonds. The molecule has 0 N–H and O–H groups in total. The molecule has 1 aromatic heterocycles. The second-order valence-corrected chi connectivity index (χ2v) is 5.90. The number of nitrogens with zero attached hydrogens (tertiary/aromatic N) is 1. The molecule has 0 fully saturated rings. The van der Waals surface area contributed by atoms with Crippen LogP contribution in [0.25, 0.3) is 10.9 Å². The van der Waals surface area contributed by atoms with Crippen molar-refractivity contribution in [1.82, 2.24) is 4.57 Å². The highest BCUT2D eigenvalue weighted by Crippen LogP contribution is 2.25. The Morgan fingerprint density at radius 1 is 1.20 bits per heavy atom. The van der Waals surface area contributed by atoms with Gasteiger partial charge in [0.25, 0.3) is 0 Å². The Bertz CT molecular complexity index is 794. The molecule has 20 heavy (non-hydrogen) atoms. The number of hydrogen-bond acceptors (Lipinski definition) is 1. The second kappa shape index (κ2) is 5.43. The molecule has 0 spiro atoms. The van der Waals surface area contributed by atoms with Gasteiger partial charge in [0.05, 0.1) is 0 Å². The Morgan fingerprint density at radius 2 is 2.05 bits per heavy atom. The van der Waals surface area contributed by atoms with Crippen LogP contribution in [0, 0.1) is 0 Å². The van der Waals surface area contributed by atoms with E-state index >= 15 is 0 Å². The van der Waals surface area contributed by atoms with Crippen LogP contribution < -0.4 is 0 Å². The molecule has 0 saturated heterocycles. The zero-order valence-corrected chi connectivity index (χ0v) is 12.9. The van der Waals surface area contributed by atoms with Gasteiger partial charge in [-0.15, -0.1) is 0 Å². The van der Waals surface area contributed by atoms with Crippen molar-refractivity contribution >= 4 is 44.7 Å². The molecule has 0 unspecified atom stereocenters. The van der Waals surface area contributed by atoms with Gasteiger partial charge < -0.3 is 4.57 Å². The first-order chi connectivity index (χ1) is 9.69. The SMILES string of the molecule is O=Cc1cccc2c1ccn2Cc1ccc(Br)cc1Cl. The molecule has 0 aliphatic rings. The van der Waals surface area contributed by atoms with Gasteiger partial charge in [-0.1, -0.05) is 45.7 Å². The molecule has 4 heteroatoms. The van der Waals surface area contributed by atoms with Crippen LogP contribution >= 0.6 is 27.5 Å². The fourth-order valence-corrected chi connectivity index (χ4v) is 3.05. The quantitative estimate of drug-likeness (QED) is 0.616. The van der Waals surface area contributed by atoms with E-state index < -0.39 is 0 Å². The Morgan fingerprint density at radius 3 is 2.80 bits per heavy atom. The zero-order valence-electron chi connectivity index (χ0n) is 10.5. The van der Waals surface area contributed by atoms with Gasteiger partial charge in [-0.25, -0.2) is 0 Å². The highest BCUT2D eigenvalue weighted by atomic mass is 79.9. The summed E-state index contributed by atoms with van der Waals surface area (Å²) in [6.45, 7) is 0.678. The van der Waals surface area contributed by atoms with Crippen molar-refractivity contribution in [3.63, 3.8) is 0 Å². The third-order valence-corrected chi connectivity index (χ3v) is 4.18. The summed E-state index contributed by atoms with van der Waals surface area (Å²) in [5.74, 6) is 0. The maximum absolute atomic E-state index is 11.0. The fraction of sp³-hybridized carbons (Fsp3) is 0.0625. The molecular formula is C16H11BrClNO. The van der Waals surface area contributed by atoms with Crippen LogP contribution in [0.1, 0.15) is 15.9 Å². The smallest absolute Gasteiger partial charge is 0.150 e. The normalized spacial score (nSPS) is 10.9.